The van der Waals surface area contributed by atoms with E-state index in [4.69, 9.17) is 28.8 Å². The number of alkyl halides is 1. The van der Waals surface area contributed by atoms with Crippen molar-refractivity contribution in [1.29, 1.82) is 0 Å². The smallest absolute Gasteiger partial charge is 0.280 e. The molecule has 2 unspecified atom stereocenters. The average molecular weight is 609 g/mol. The minimum atomic E-state index is -1.47. The summed E-state index contributed by atoms with van der Waals surface area (Å²) in [5, 5.41) is 0. The van der Waals surface area contributed by atoms with E-state index in [0.29, 0.717) is 31.3 Å². The largest absolute Gasteiger partial charge is 0.369 e. The van der Waals surface area contributed by atoms with Crippen LogP contribution in [-0.4, -0.2) is 82.9 Å². The van der Waals surface area contributed by atoms with Crippen molar-refractivity contribution in [3.63, 3.8) is 0 Å². The summed E-state index contributed by atoms with van der Waals surface area (Å²) < 4.78 is 49.0. The zero-order valence-electron chi connectivity index (χ0n) is 21.3. The molecule has 4 N–H and O–H groups in total. The number of nitrogens with one attached hydrogen (secondary N) is 2. The van der Waals surface area contributed by atoms with Crippen molar-refractivity contribution >= 4 is 46.1 Å². The number of aromatic amines is 2. The van der Waals surface area contributed by atoms with Gasteiger partial charge in [0.05, 0.1) is 44.4 Å². The lowest BCUT2D eigenvalue weighted by Crippen LogP contribution is -2.30. The molecule has 7 rings (SSSR count). The number of hydrogen-bond donors (Lipinski definition) is 3. The van der Waals surface area contributed by atoms with Crippen molar-refractivity contribution in [3.05, 3.63) is 39.7 Å². The number of ether oxygens (including phenoxy) is 2. The molecule has 7 heterocycles. The predicted octanol–water partition coefficient (Wildman–Crippen LogP) is 0.898. The van der Waals surface area contributed by atoms with Gasteiger partial charge in [-0.05, 0) is 12.6 Å². The van der Waals surface area contributed by atoms with Crippen LogP contribution in [0.2, 0.25) is 0 Å². The summed E-state index contributed by atoms with van der Waals surface area (Å²) in [4.78, 5) is 46.0. The zero-order chi connectivity index (χ0) is 28.1. The molecule has 0 amide bonds. The second-order valence-electron chi connectivity index (χ2n) is 9.94. The van der Waals surface area contributed by atoms with Crippen LogP contribution in [0, 0.1) is 5.92 Å². The van der Waals surface area contributed by atoms with Gasteiger partial charge in [0, 0.05) is 21.1 Å². The number of imidazole rings is 2. The van der Waals surface area contributed by atoms with E-state index in [1.165, 1.54) is 17.2 Å². The molecule has 3 fully saturated rings. The fraction of sp³-hybridized carbons (Fsp3) is 0.545. The third kappa shape index (κ3) is 4.95. The maximum Gasteiger partial charge on any atom is 0.280 e. The Hall–Kier alpha value is -2.91. The van der Waals surface area contributed by atoms with Gasteiger partial charge >= 0.3 is 0 Å². The number of nitrogens with zero attached hydrogens (tertiary/aromatic N) is 6. The maximum atomic E-state index is 15.6. The molecule has 3 aliphatic heterocycles. The van der Waals surface area contributed by atoms with E-state index in [0.717, 1.165) is 0 Å². The molecule has 0 aliphatic carbocycles. The lowest BCUT2D eigenvalue weighted by atomic mass is 10.0. The Kier molecular flexibility index (Phi) is 7.27. The number of halogens is 1. The lowest BCUT2D eigenvalue weighted by Gasteiger charge is -2.22. The molecule has 0 saturated carbocycles. The summed E-state index contributed by atoms with van der Waals surface area (Å²) in [6, 6.07) is 0. The molecule has 0 spiro atoms. The van der Waals surface area contributed by atoms with Gasteiger partial charge in [0.1, 0.15) is 12.3 Å². The molecule has 16 nitrogen and oxygen atoms in total. The van der Waals surface area contributed by atoms with Gasteiger partial charge in [0.25, 0.3) is 11.1 Å². The Morgan fingerprint density at radius 2 is 1.83 bits per heavy atom. The summed E-state index contributed by atoms with van der Waals surface area (Å²) >= 11 is 0. The van der Waals surface area contributed by atoms with Gasteiger partial charge in [0.15, 0.2) is 43.8 Å². The Morgan fingerprint density at radius 3 is 2.71 bits per heavy atom. The maximum absolute atomic E-state index is 15.6. The van der Waals surface area contributed by atoms with Crippen LogP contribution in [0.4, 0.5) is 10.3 Å². The second-order valence-corrected chi connectivity index (χ2v) is 11.7. The molecule has 3 saturated heterocycles. The highest BCUT2D eigenvalue weighted by atomic mass is 31.1. The van der Waals surface area contributed by atoms with E-state index in [-0.39, 0.29) is 55.6 Å². The van der Waals surface area contributed by atoms with E-state index in [2.05, 4.69) is 29.9 Å². The zero-order valence-corrected chi connectivity index (χ0v) is 23.3. The molecule has 41 heavy (non-hydrogen) atoms. The number of anilines is 1. The molecule has 218 valence electrons. The standard InChI is InChI=1S/C22H26FN9O7P2/c23-13-10-1-2-40-35-4-9-3-12(31-7-27-14-17(31)25-6-26-19(14)33)37-11(9)5-36-41-39-16(13)21(38-10)32-8-28-15-18(32)29-22(24)30-20(15)34/h6-13,16,21,40-41H,1-5H2,(H,25,26,33)(H3,24,29,30,34)/t9-,10-,11-,12-,13-,16-,21-/m1/s1. The summed E-state index contributed by atoms with van der Waals surface area (Å²) in [5.74, 6) is -0.0908. The van der Waals surface area contributed by atoms with Crippen LogP contribution in [0.1, 0.15) is 25.3 Å². The first kappa shape index (κ1) is 27.0. The van der Waals surface area contributed by atoms with Gasteiger partial charge in [-0.15, -0.1) is 0 Å². The first-order valence-corrected chi connectivity index (χ1v) is 14.9. The first-order valence-electron chi connectivity index (χ1n) is 12.9. The molecule has 3 aliphatic rings. The van der Waals surface area contributed by atoms with E-state index in [9.17, 15) is 9.59 Å². The number of rotatable bonds is 2. The van der Waals surface area contributed by atoms with Gasteiger partial charge < -0.3 is 33.8 Å². The van der Waals surface area contributed by atoms with Gasteiger partial charge in [-0.2, -0.15) is 4.98 Å². The highest BCUT2D eigenvalue weighted by Crippen LogP contribution is 2.42. The molecule has 4 aromatic heterocycles. The van der Waals surface area contributed by atoms with Gasteiger partial charge in [-0.25, -0.2) is 19.3 Å². The molecular formula is C22H26FN9O7P2. The molecule has 0 aromatic carbocycles. The van der Waals surface area contributed by atoms with Crippen molar-refractivity contribution in [2.75, 3.05) is 25.1 Å². The quantitative estimate of drug-likeness (QED) is 0.272. The Morgan fingerprint density at radius 1 is 1.00 bits per heavy atom. The van der Waals surface area contributed by atoms with E-state index in [1.807, 2.05) is 0 Å². The fourth-order valence-corrected chi connectivity index (χ4v) is 6.97. The molecular weight excluding hydrogens is 583 g/mol. The van der Waals surface area contributed by atoms with Crippen molar-refractivity contribution in [2.24, 2.45) is 5.92 Å². The van der Waals surface area contributed by atoms with Gasteiger partial charge in [-0.3, -0.25) is 23.7 Å². The van der Waals surface area contributed by atoms with Crippen LogP contribution in [-0.2, 0) is 23.0 Å². The molecule has 19 heteroatoms. The third-order valence-corrected chi connectivity index (χ3v) is 8.96. The summed E-state index contributed by atoms with van der Waals surface area (Å²) in [6.45, 7) is 0.596. The van der Waals surface area contributed by atoms with Crippen LogP contribution in [0.25, 0.3) is 22.3 Å². The number of hydrogen-bond acceptors (Lipinski definition) is 12. The number of nitrogens with two attached hydrogens (primary N) is 1. The van der Waals surface area contributed by atoms with Crippen molar-refractivity contribution in [3.8, 4) is 0 Å². The van der Waals surface area contributed by atoms with E-state index in [1.54, 1.807) is 10.9 Å². The molecule has 4 aromatic rings. The lowest BCUT2D eigenvalue weighted by molar-refractivity contribution is -0.0354. The monoisotopic (exact) mass is 609 g/mol. The Bertz CT molecular complexity index is 1680. The predicted molar refractivity (Wildman–Crippen MR) is 144 cm³/mol. The Balaban J connectivity index is 1.09. The summed E-state index contributed by atoms with van der Waals surface area (Å²) in [7, 11) is -0.405. The highest BCUT2D eigenvalue weighted by molar-refractivity contribution is 7.32. The molecule has 2 bridgehead atoms. The van der Waals surface area contributed by atoms with E-state index < -0.39 is 45.4 Å². The minimum Gasteiger partial charge on any atom is -0.369 e. The van der Waals surface area contributed by atoms with Crippen molar-refractivity contribution < 1.29 is 27.4 Å². The summed E-state index contributed by atoms with van der Waals surface area (Å²) in [6.07, 6.45) is 0.861. The fourth-order valence-electron chi connectivity index (χ4n) is 5.43. The topological polar surface area (TPSA) is 199 Å². The summed E-state index contributed by atoms with van der Waals surface area (Å²) in [5.41, 5.74) is 5.80. The normalized spacial score (nSPS) is 32.6. The first-order chi connectivity index (χ1) is 20.0. The Labute approximate surface area is 233 Å². The van der Waals surface area contributed by atoms with Gasteiger partial charge in [0.2, 0.25) is 5.95 Å². The number of fused-ring (bicyclic) bond motifs is 5. The average Bonchev–Trinajstić information content (AvgIpc) is 3.72. The third-order valence-electron chi connectivity index (χ3n) is 7.45. The van der Waals surface area contributed by atoms with Gasteiger partial charge in [-0.1, -0.05) is 0 Å². The van der Waals surface area contributed by atoms with Crippen LogP contribution >= 0.6 is 17.8 Å². The number of H-pyrrole nitrogens is 2. The van der Waals surface area contributed by atoms with E-state index >= 15 is 4.39 Å². The second kappa shape index (κ2) is 11.1. The highest BCUT2D eigenvalue weighted by Gasteiger charge is 2.48. The SMILES string of the molecule is Nc1nc2c(ncn2[C@@H]2O[C@@H]3CCPOC[C@H]4C[C@H](n5cnc6c(=O)[nH]cnc65)O[C@@H]4COPO[C@@H]2[C@@H]3F)c(=O)[nH]1. The molecule has 9 atom stereocenters. The minimum absolute atomic E-state index is 0.00118. The van der Waals surface area contributed by atoms with Crippen molar-refractivity contribution in [1.82, 2.24) is 39.0 Å². The van der Waals surface area contributed by atoms with Crippen LogP contribution in [0.5, 0.6) is 0 Å². The number of aromatic nitrogens is 8. The van der Waals surface area contributed by atoms with Crippen molar-refractivity contribution in [2.45, 2.75) is 49.8 Å². The van der Waals surface area contributed by atoms with Crippen LogP contribution in [0.15, 0.2) is 28.6 Å². The van der Waals surface area contributed by atoms with Crippen LogP contribution in [0.3, 0.4) is 0 Å². The van der Waals surface area contributed by atoms with Crippen LogP contribution < -0.4 is 16.9 Å². The number of nitrogen functional groups attached to an aromatic ring is 1. The molecule has 0 radical (unpaired) electrons.